The van der Waals surface area contributed by atoms with Crippen LogP contribution in [0.4, 0.5) is 4.79 Å². The van der Waals surface area contributed by atoms with E-state index < -0.39 is 11.7 Å². The summed E-state index contributed by atoms with van der Waals surface area (Å²) < 4.78 is 5.79. The molecule has 1 N–H and O–H groups in total. The molecule has 25 heavy (non-hydrogen) atoms. The highest BCUT2D eigenvalue weighted by molar-refractivity contribution is 5.94. The van der Waals surface area contributed by atoms with Gasteiger partial charge in [0.25, 0.3) is 0 Å². The van der Waals surface area contributed by atoms with Gasteiger partial charge in [0.2, 0.25) is 0 Å². The van der Waals surface area contributed by atoms with E-state index in [1.165, 1.54) is 4.90 Å². The third-order valence-corrected chi connectivity index (χ3v) is 5.78. The standard InChI is InChI=1S/C18H22N2O4.ClH/c21-16-14-3-1-2-4-15(14)18(24-16)7-11-19(12-8-18)13-5-9-20(10-6-13)17(22)23;/h1-4,13H,5-12H2,(H,22,23);1H. The number of hydrogen-bond donors (Lipinski definition) is 1. The van der Waals surface area contributed by atoms with Crippen molar-refractivity contribution < 1.29 is 19.4 Å². The summed E-state index contributed by atoms with van der Waals surface area (Å²) in [5.74, 6) is -0.200. The normalized spacial score (nSPS) is 23.0. The van der Waals surface area contributed by atoms with Crippen LogP contribution in [0, 0.1) is 0 Å². The average molecular weight is 367 g/mol. The van der Waals surface area contributed by atoms with Crippen LogP contribution in [-0.4, -0.2) is 59.2 Å². The van der Waals surface area contributed by atoms with Crippen LogP contribution >= 0.6 is 12.4 Å². The maximum atomic E-state index is 12.1. The maximum Gasteiger partial charge on any atom is 0.407 e. The van der Waals surface area contributed by atoms with Gasteiger partial charge < -0.3 is 14.7 Å². The second kappa shape index (κ2) is 6.84. The minimum Gasteiger partial charge on any atom is -0.465 e. The maximum absolute atomic E-state index is 12.1. The number of benzene rings is 1. The molecular formula is C18H23ClN2O4. The summed E-state index contributed by atoms with van der Waals surface area (Å²) in [6.07, 6.45) is 2.58. The van der Waals surface area contributed by atoms with Crippen LogP contribution in [0.2, 0.25) is 0 Å². The van der Waals surface area contributed by atoms with Crippen LogP contribution in [0.1, 0.15) is 41.6 Å². The number of ether oxygens (including phenoxy) is 1. The molecule has 1 aromatic carbocycles. The molecule has 0 bridgehead atoms. The molecule has 2 saturated heterocycles. The van der Waals surface area contributed by atoms with Crippen molar-refractivity contribution in [2.45, 2.75) is 37.3 Å². The molecule has 4 rings (SSSR count). The molecule has 2 fully saturated rings. The number of esters is 1. The lowest BCUT2D eigenvalue weighted by Gasteiger charge is -2.44. The van der Waals surface area contributed by atoms with Gasteiger partial charge in [-0.2, -0.15) is 0 Å². The van der Waals surface area contributed by atoms with Gasteiger partial charge in [-0.15, -0.1) is 12.4 Å². The summed E-state index contributed by atoms with van der Waals surface area (Å²) in [5, 5.41) is 9.06. The molecule has 0 radical (unpaired) electrons. The topological polar surface area (TPSA) is 70.1 Å². The molecule has 136 valence electrons. The van der Waals surface area contributed by atoms with E-state index in [-0.39, 0.29) is 18.4 Å². The Bertz CT molecular complexity index is 665. The molecular weight excluding hydrogens is 344 g/mol. The smallest absolute Gasteiger partial charge is 0.407 e. The number of piperidine rings is 2. The molecule has 0 unspecified atom stereocenters. The third kappa shape index (κ3) is 3.09. The van der Waals surface area contributed by atoms with Gasteiger partial charge >= 0.3 is 12.1 Å². The van der Waals surface area contributed by atoms with Crippen molar-refractivity contribution in [2.24, 2.45) is 0 Å². The van der Waals surface area contributed by atoms with Crippen LogP contribution in [-0.2, 0) is 10.3 Å². The van der Waals surface area contributed by atoms with E-state index in [0.717, 1.165) is 44.3 Å². The molecule has 0 atom stereocenters. The Morgan fingerprint density at radius 1 is 1.12 bits per heavy atom. The SMILES string of the molecule is Cl.O=C1OC2(CCN(C3CCN(C(=O)O)CC3)CC2)c2ccccc21. The number of likely N-dealkylation sites (tertiary alicyclic amines) is 2. The van der Waals surface area contributed by atoms with Gasteiger partial charge in [0.15, 0.2) is 0 Å². The first kappa shape index (κ1) is 18.0. The Morgan fingerprint density at radius 2 is 1.76 bits per heavy atom. The Hall–Kier alpha value is -1.79. The first-order valence-electron chi connectivity index (χ1n) is 8.64. The molecule has 1 aromatic rings. The van der Waals surface area contributed by atoms with Crippen LogP contribution < -0.4 is 0 Å². The highest BCUT2D eigenvalue weighted by Gasteiger charge is 2.47. The van der Waals surface area contributed by atoms with Crippen molar-refractivity contribution in [2.75, 3.05) is 26.2 Å². The summed E-state index contributed by atoms with van der Waals surface area (Å²) in [4.78, 5) is 27.1. The lowest BCUT2D eigenvalue weighted by molar-refractivity contribution is -0.0527. The number of carbonyl (C=O) groups is 2. The van der Waals surface area contributed by atoms with Crippen molar-refractivity contribution in [3.8, 4) is 0 Å². The molecule has 3 aliphatic heterocycles. The predicted octanol–water partition coefficient (Wildman–Crippen LogP) is 2.71. The quantitative estimate of drug-likeness (QED) is 0.774. The third-order valence-electron chi connectivity index (χ3n) is 5.78. The minimum atomic E-state index is -0.819. The number of halogens is 1. The fourth-order valence-corrected chi connectivity index (χ4v) is 4.39. The Labute approximate surface area is 153 Å². The monoisotopic (exact) mass is 366 g/mol. The average Bonchev–Trinajstić information content (AvgIpc) is 2.88. The zero-order chi connectivity index (χ0) is 16.7. The number of fused-ring (bicyclic) bond motifs is 2. The van der Waals surface area contributed by atoms with Gasteiger partial charge in [0.05, 0.1) is 5.56 Å². The molecule has 6 nitrogen and oxygen atoms in total. The van der Waals surface area contributed by atoms with Gasteiger partial charge in [-0.25, -0.2) is 9.59 Å². The summed E-state index contributed by atoms with van der Waals surface area (Å²) in [6, 6.07) is 8.15. The highest BCUT2D eigenvalue weighted by Crippen LogP contribution is 2.44. The van der Waals surface area contributed by atoms with E-state index in [1.807, 2.05) is 24.3 Å². The van der Waals surface area contributed by atoms with Crippen LogP contribution in [0.5, 0.6) is 0 Å². The summed E-state index contributed by atoms with van der Waals surface area (Å²) in [6.45, 7) is 3.00. The number of rotatable bonds is 1. The van der Waals surface area contributed by atoms with Gasteiger partial charge in [0, 0.05) is 50.6 Å². The summed E-state index contributed by atoms with van der Waals surface area (Å²) in [5.41, 5.74) is 1.29. The number of nitrogens with zero attached hydrogens (tertiary/aromatic N) is 2. The molecule has 1 amide bonds. The Kier molecular flexibility index (Phi) is 4.93. The molecule has 0 saturated carbocycles. The Morgan fingerprint density at radius 3 is 2.40 bits per heavy atom. The minimum absolute atomic E-state index is 0. The molecule has 3 heterocycles. The highest BCUT2D eigenvalue weighted by atomic mass is 35.5. The van der Waals surface area contributed by atoms with E-state index in [9.17, 15) is 9.59 Å². The van der Waals surface area contributed by atoms with Gasteiger partial charge in [-0.1, -0.05) is 18.2 Å². The fraction of sp³-hybridized carbons (Fsp3) is 0.556. The summed E-state index contributed by atoms with van der Waals surface area (Å²) >= 11 is 0. The number of amides is 1. The van der Waals surface area contributed by atoms with Gasteiger partial charge in [0.1, 0.15) is 5.60 Å². The first-order valence-corrected chi connectivity index (χ1v) is 8.64. The lowest BCUT2D eigenvalue weighted by Crippen LogP contribution is -2.51. The zero-order valence-electron chi connectivity index (χ0n) is 14.0. The second-order valence-electron chi connectivity index (χ2n) is 6.97. The van der Waals surface area contributed by atoms with Gasteiger partial charge in [-0.05, 0) is 18.9 Å². The van der Waals surface area contributed by atoms with E-state index in [0.29, 0.717) is 24.7 Å². The number of hydrogen-bond acceptors (Lipinski definition) is 4. The Balaban J connectivity index is 0.00000182. The summed E-state index contributed by atoms with van der Waals surface area (Å²) in [7, 11) is 0. The van der Waals surface area contributed by atoms with E-state index >= 15 is 0 Å². The van der Waals surface area contributed by atoms with Crippen LogP contribution in [0.25, 0.3) is 0 Å². The fourth-order valence-electron chi connectivity index (χ4n) is 4.39. The lowest BCUT2D eigenvalue weighted by atomic mass is 9.83. The largest absolute Gasteiger partial charge is 0.465 e. The van der Waals surface area contributed by atoms with Crippen molar-refractivity contribution >= 4 is 24.5 Å². The van der Waals surface area contributed by atoms with Crippen molar-refractivity contribution in [3.63, 3.8) is 0 Å². The molecule has 3 aliphatic rings. The van der Waals surface area contributed by atoms with Crippen LogP contribution in [0.15, 0.2) is 24.3 Å². The molecule has 7 heteroatoms. The zero-order valence-corrected chi connectivity index (χ0v) is 14.8. The van der Waals surface area contributed by atoms with Crippen molar-refractivity contribution in [3.05, 3.63) is 35.4 Å². The predicted molar refractivity (Wildman–Crippen MR) is 94.2 cm³/mol. The van der Waals surface area contributed by atoms with Gasteiger partial charge in [-0.3, -0.25) is 4.90 Å². The van der Waals surface area contributed by atoms with Crippen molar-refractivity contribution in [1.82, 2.24) is 9.80 Å². The molecule has 0 aliphatic carbocycles. The van der Waals surface area contributed by atoms with Crippen LogP contribution in [0.3, 0.4) is 0 Å². The van der Waals surface area contributed by atoms with E-state index in [2.05, 4.69) is 4.90 Å². The molecule has 1 spiro atoms. The van der Waals surface area contributed by atoms with E-state index in [1.54, 1.807) is 0 Å². The van der Waals surface area contributed by atoms with E-state index in [4.69, 9.17) is 9.84 Å². The van der Waals surface area contributed by atoms with Crippen molar-refractivity contribution in [1.29, 1.82) is 0 Å². The first-order chi connectivity index (χ1) is 11.6. The molecule has 0 aromatic heterocycles. The number of carbonyl (C=O) groups excluding carboxylic acids is 1. The second-order valence-corrected chi connectivity index (χ2v) is 6.97. The number of carboxylic acid groups (broad SMARTS) is 1.